The Morgan fingerprint density at radius 2 is 1.85 bits per heavy atom. The van der Waals surface area contributed by atoms with E-state index in [4.69, 9.17) is 9.47 Å². The van der Waals surface area contributed by atoms with Crippen molar-refractivity contribution in [2.75, 3.05) is 13.7 Å². The van der Waals surface area contributed by atoms with Gasteiger partial charge in [-0.1, -0.05) is 24.3 Å². The molecule has 0 amide bonds. The Bertz CT molecular complexity index is 1340. The number of halogens is 3. The number of ether oxygens (including phenoxy) is 2. The number of alkyl halides is 3. The molecule has 0 spiro atoms. The van der Waals surface area contributed by atoms with Gasteiger partial charge in [0.2, 0.25) is 0 Å². The molecule has 174 valence electrons. The van der Waals surface area contributed by atoms with Gasteiger partial charge in [-0.2, -0.15) is 13.2 Å². The van der Waals surface area contributed by atoms with Crippen molar-refractivity contribution in [3.63, 3.8) is 0 Å². The molecule has 4 aromatic rings. The minimum Gasteiger partial charge on any atom is -0.493 e. The first kappa shape index (κ1) is 22.0. The quantitative estimate of drug-likeness (QED) is 0.317. The van der Waals surface area contributed by atoms with Gasteiger partial charge in [0.15, 0.2) is 11.5 Å². The molecule has 2 aromatic carbocycles. The van der Waals surface area contributed by atoms with Crippen molar-refractivity contribution in [2.45, 2.75) is 19.0 Å². The summed E-state index contributed by atoms with van der Waals surface area (Å²) in [7, 11) is 1.60. The van der Waals surface area contributed by atoms with E-state index in [1.807, 2.05) is 48.5 Å². The maximum Gasteiger partial charge on any atom is 0.417 e. The second-order valence-electron chi connectivity index (χ2n) is 8.16. The molecule has 1 aliphatic carbocycles. The first-order valence-electron chi connectivity index (χ1n) is 10.9. The van der Waals surface area contributed by atoms with Gasteiger partial charge in [-0.05, 0) is 61.2 Å². The van der Waals surface area contributed by atoms with Crippen molar-refractivity contribution in [3.8, 4) is 17.3 Å². The molecule has 0 bridgehead atoms. The zero-order chi connectivity index (χ0) is 23.7. The van der Waals surface area contributed by atoms with Crippen LogP contribution in [0.25, 0.3) is 29.0 Å². The fourth-order valence-corrected chi connectivity index (χ4v) is 3.71. The average molecular weight is 465 g/mol. The van der Waals surface area contributed by atoms with Crippen molar-refractivity contribution in [3.05, 3.63) is 77.7 Å². The van der Waals surface area contributed by atoms with E-state index in [1.165, 1.54) is 18.9 Å². The highest BCUT2D eigenvalue weighted by Crippen LogP contribution is 2.36. The number of pyridine rings is 1. The molecule has 8 heteroatoms. The second-order valence-corrected chi connectivity index (χ2v) is 8.16. The number of nitrogens with zero attached hydrogens (tertiary/aromatic N) is 3. The zero-order valence-electron chi connectivity index (χ0n) is 18.4. The molecule has 0 saturated heterocycles. The number of hydrogen-bond acceptors (Lipinski definition) is 4. The summed E-state index contributed by atoms with van der Waals surface area (Å²) in [5, 5.41) is 0. The topological polar surface area (TPSA) is 49.2 Å². The summed E-state index contributed by atoms with van der Waals surface area (Å²) in [5.74, 6) is 2.75. The van der Waals surface area contributed by atoms with E-state index >= 15 is 0 Å². The summed E-state index contributed by atoms with van der Waals surface area (Å²) in [6.07, 6.45) is 2.40. The molecule has 0 atom stereocenters. The van der Waals surface area contributed by atoms with E-state index in [-0.39, 0.29) is 0 Å². The number of para-hydroxylation sites is 3. The number of hydrogen-bond donors (Lipinski definition) is 0. The van der Waals surface area contributed by atoms with Crippen LogP contribution in [0.15, 0.2) is 60.8 Å². The largest absolute Gasteiger partial charge is 0.493 e. The molecule has 0 radical (unpaired) electrons. The van der Waals surface area contributed by atoms with Gasteiger partial charge in [-0.25, -0.2) is 9.97 Å². The first-order valence-corrected chi connectivity index (χ1v) is 10.9. The van der Waals surface area contributed by atoms with Crippen molar-refractivity contribution in [1.29, 1.82) is 0 Å². The minimum atomic E-state index is -4.45. The molecule has 5 nitrogen and oxygen atoms in total. The molecule has 1 fully saturated rings. The molecule has 1 saturated carbocycles. The van der Waals surface area contributed by atoms with Crippen LogP contribution >= 0.6 is 0 Å². The molecule has 5 rings (SSSR count). The average Bonchev–Trinajstić information content (AvgIpc) is 3.59. The van der Waals surface area contributed by atoms with Crippen LogP contribution in [0.5, 0.6) is 11.5 Å². The van der Waals surface area contributed by atoms with Gasteiger partial charge in [0.25, 0.3) is 0 Å². The van der Waals surface area contributed by atoms with E-state index in [2.05, 4.69) is 9.97 Å². The van der Waals surface area contributed by atoms with Crippen LogP contribution < -0.4 is 9.47 Å². The third-order valence-corrected chi connectivity index (χ3v) is 5.69. The summed E-state index contributed by atoms with van der Waals surface area (Å²) >= 11 is 0. The Hall–Kier alpha value is -3.81. The fourth-order valence-electron chi connectivity index (χ4n) is 3.71. The van der Waals surface area contributed by atoms with Crippen LogP contribution in [0.1, 0.15) is 29.8 Å². The number of fused-ring (bicyclic) bond motifs is 1. The van der Waals surface area contributed by atoms with Gasteiger partial charge in [-0.3, -0.25) is 4.57 Å². The Labute approximate surface area is 194 Å². The molecule has 0 N–H and O–H groups in total. The molecule has 2 heterocycles. The first-order chi connectivity index (χ1) is 16.4. The summed E-state index contributed by atoms with van der Waals surface area (Å²) in [4.78, 5) is 8.75. The van der Waals surface area contributed by atoms with Crippen LogP contribution in [-0.4, -0.2) is 28.3 Å². The molecule has 0 unspecified atom stereocenters. The third-order valence-electron chi connectivity index (χ3n) is 5.69. The van der Waals surface area contributed by atoms with E-state index in [0.717, 1.165) is 23.3 Å². The van der Waals surface area contributed by atoms with Crippen molar-refractivity contribution in [1.82, 2.24) is 14.5 Å². The number of aromatic nitrogens is 3. The predicted octanol–water partition coefficient (Wildman–Crippen LogP) is 6.41. The lowest BCUT2D eigenvalue weighted by Crippen LogP contribution is -2.07. The second kappa shape index (κ2) is 8.85. The van der Waals surface area contributed by atoms with Gasteiger partial charge >= 0.3 is 6.18 Å². The van der Waals surface area contributed by atoms with E-state index in [1.54, 1.807) is 17.8 Å². The van der Waals surface area contributed by atoms with Crippen LogP contribution in [0.2, 0.25) is 0 Å². The summed E-state index contributed by atoms with van der Waals surface area (Å²) in [6, 6.07) is 15.4. The van der Waals surface area contributed by atoms with Crippen LogP contribution in [-0.2, 0) is 6.18 Å². The Morgan fingerprint density at radius 3 is 2.56 bits per heavy atom. The predicted molar refractivity (Wildman–Crippen MR) is 124 cm³/mol. The third kappa shape index (κ3) is 4.48. The van der Waals surface area contributed by atoms with Crippen LogP contribution in [0.3, 0.4) is 0 Å². The molecular formula is C26H22F3N3O2. The molecule has 1 aliphatic rings. The van der Waals surface area contributed by atoms with Crippen LogP contribution in [0.4, 0.5) is 13.2 Å². The van der Waals surface area contributed by atoms with Crippen LogP contribution in [0, 0.1) is 5.92 Å². The summed E-state index contributed by atoms with van der Waals surface area (Å²) < 4.78 is 52.4. The SMILES string of the molecule is COc1cccc(/C=C/c2nc3ccccc3n2-c2ccc(C(F)(F)F)cn2)c1OCC1CC1. The monoisotopic (exact) mass is 465 g/mol. The summed E-state index contributed by atoms with van der Waals surface area (Å²) in [6.45, 7) is 0.634. The molecular weight excluding hydrogens is 443 g/mol. The van der Waals surface area contributed by atoms with Gasteiger partial charge in [0.1, 0.15) is 11.6 Å². The van der Waals surface area contributed by atoms with Crippen molar-refractivity contribution in [2.24, 2.45) is 5.92 Å². The summed E-state index contributed by atoms with van der Waals surface area (Å²) in [5.41, 5.74) is 1.47. The maximum absolute atomic E-state index is 13.0. The van der Waals surface area contributed by atoms with Gasteiger partial charge in [-0.15, -0.1) is 0 Å². The highest BCUT2D eigenvalue weighted by molar-refractivity contribution is 5.82. The van der Waals surface area contributed by atoms with Crippen molar-refractivity contribution >= 4 is 23.2 Å². The molecule has 2 aromatic heterocycles. The lowest BCUT2D eigenvalue weighted by atomic mass is 10.1. The highest BCUT2D eigenvalue weighted by atomic mass is 19.4. The number of methoxy groups -OCH3 is 1. The lowest BCUT2D eigenvalue weighted by molar-refractivity contribution is -0.137. The zero-order valence-corrected chi connectivity index (χ0v) is 18.4. The Balaban J connectivity index is 1.55. The number of rotatable bonds is 7. The molecule has 0 aliphatic heterocycles. The molecule has 34 heavy (non-hydrogen) atoms. The van der Waals surface area contributed by atoms with E-state index < -0.39 is 11.7 Å². The van der Waals surface area contributed by atoms with E-state index in [0.29, 0.717) is 41.2 Å². The standard InChI is InChI=1S/C26H22F3N3O2/c1-33-22-8-4-5-18(25(22)34-16-17-9-10-17)11-13-24-31-20-6-2-3-7-21(20)32(24)23-14-12-19(15-30-23)26(27,28)29/h2-8,11-15,17H,9-10,16H2,1H3/b13-11+. The van der Waals surface area contributed by atoms with E-state index in [9.17, 15) is 13.2 Å². The maximum atomic E-state index is 13.0. The minimum absolute atomic E-state index is 0.345. The number of imidazole rings is 1. The van der Waals surface area contributed by atoms with Gasteiger partial charge in [0.05, 0.1) is 30.3 Å². The lowest BCUT2D eigenvalue weighted by Gasteiger charge is -2.13. The smallest absolute Gasteiger partial charge is 0.417 e. The van der Waals surface area contributed by atoms with Gasteiger partial charge < -0.3 is 9.47 Å². The normalized spacial score (nSPS) is 14.1. The van der Waals surface area contributed by atoms with Gasteiger partial charge in [0, 0.05) is 11.8 Å². The van der Waals surface area contributed by atoms with Crippen molar-refractivity contribution < 1.29 is 22.6 Å². The fraction of sp³-hybridized carbons (Fsp3) is 0.231. The highest BCUT2D eigenvalue weighted by Gasteiger charge is 2.31. The number of benzene rings is 2. The Morgan fingerprint density at radius 1 is 1.03 bits per heavy atom. The Kier molecular flexibility index (Phi) is 5.73.